The van der Waals surface area contributed by atoms with Gasteiger partial charge in [0.1, 0.15) is 0 Å². The van der Waals surface area contributed by atoms with Gasteiger partial charge in [-0.15, -0.1) is 0 Å². The Morgan fingerprint density at radius 2 is 2.56 bits per heavy atom. The van der Waals surface area contributed by atoms with Crippen molar-refractivity contribution in [1.29, 1.82) is 0 Å². The monoisotopic (exact) mass is 223 g/mol. The van der Waals surface area contributed by atoms with E-state index in [0.717, 1.165) is 32.5 Å². The Morgan fingerprint density at radius 1 is 1.62 bits per heavy atom. The summed E-state index contributed by atoms with van der Waals surface area (Å²) in [5.74, 6) is 0. The zero-order valence-electron chi connectivity index (χ0n) is 9.96. The Bertz CT molecular complexity index is 305. The lowest BCUT2D eigenvalue weighted by atomic mass is 10.1. The molecule has 1 atom stereocenters. The van der Waals surface area contributed by atoms with Gasteiger partial charge in [-0.05, 0) is 44.7 Å². The molecule has 1 unspecified atom stereocenters. The van der Waals surface area contributed by atoms with E-state index in [0.29, 0.717) is 6.10 Å². The molecule has 4 heteroatoms. The molecule has 4 nitrogen and oxygen atoms in total. The Kier molecular flexibility index (Phi) is 4.36. The highest BCUT2D eigenvalue weighted by Crippen LogP contribution is 2.10. The first-order chi connectivity index (χ1) is 7.86. The van der Waals surface area contributed by atoms with Crippen molar-refractivity contribution in [3.63, 3.8) is 0 Å². The van der Waals surface area contributed by atoms with Crippen LogP contribution in [-0.4, -0.2) is 36.0 Å². The lowest BCUT2D eigenvalue weighted by Gasteiger charge is -2.10. The van der Waals surface area contributed by atoms with E-state index in [2.05, 4.69) is 22.4 Å². The molecule has 1 aliphatic heterocycles. The van der Waals surface area contributed by atoms with Crippen LogP contribution in [0.1, 0.15) is 30.5 Å². The number of hydrogen-bond acceptors (Lipinski definition) is 3. The lowest BCUT2D eigenvalue weighted by Crippen LogP contribution is -2.27. The van der Waals surface area contributed by atoms with Crippen molar-refractivity contribution >= 4 is 0 Å². The summed E-state index contributed by atoms with van der Waals surface area (Å²) in [6.45, 7) is 5.08. The predicted molar refractivity (Wildman–Crippen MR) is 63.5 cm³/mol. The van der Waals surface area contributed by atoms with Crippen LogP contribution in [0.2, 0.25) is 0 Å². The summed E-state index contributed by atoms with van der Waals surface area (Å²) in [7, 11) is 0. The first-order valence-corrected chi connectivity index (χ1v) is 6.17. The molecule has 1 saturated heterocycles. The van der Waals surface area contributed by atoms with Gasteiger partial charge in [0.25, 0.3) is 0 Å². The van der Waals surface area contributed by atoms with Crippen LogP contribution in [0, 0.1) is 6.92 Å². The van der Waals surface area contributed by atoms with Gasteiger partial charge >= 0.3 is 0 Å². The quantitative estimate of drug-likeness (QED) is 0.717. The Labute approximate surface area is 96.8 Å². The second kappa shape index (κ2) is 6.01. The van der Waals surface area contributed by atoms with E-state index in [4.69, 9.17) is 4.74 Å². The second-order valence-corrected chi connectivity index (χ2v) is 4.46. The molecule has 0 radical (unpaired) electrons. The highest BCUT2D eigenvalue weighted by atomic mass is 16.5. The molecule has 1 aromatic rings. The van der Waals surface area contributed by atoms with Crippen molar-refractivity contribution in [2.24, 2.45) is 0 Å². The number of H-pyrrole nitrogens is 1. The molecule has 16 heavy (non-hydrogen) atoms. The molecule has 0 amide bonds. The van der Waals surface area contributed by atoms with Crippen LogP contribution >= 0.6 is 0 Å². The first kappa shape index (κ1) is 11.6. The van der Waals surface area contributed by atoms with Crippen LogP contribution < -0.4 is 5.32 Å². The van der Waals surface area contributed by atoms with Crippen molar-refractivity contribution in [1.82, 2.24) is 15.5 Å². The van der Waals surface area contributed by atoms with Crippen molar-refractivity contribution in [3.05, 3.63) is 17.5 Å². The van der Waals surface area contributed by atoms with Crippen molar-refractivity contribution in [2.75, 3.05) is 19.7 Å². The van der Waals surface area contributed by atoms with Gasteiger partial charge < -0.3 is 10.1 Å². The molecule has 90 valence electrons. The number of hydrogen-bond donors (Lipinski definition) is 2. The zero-order valence-corrected chi connectivity index (χ0v) is 9.96. The summed E-state index contributed by atoms with van der Waals surface area (Å²) in [5.41, 5.74) is 2.53. The van der Waals surface area contributed by atoms with E-state index >= 15 is 0 Å². The van der Waals surface area contributed by atoms with Gasteiger partial charge in [-0.2, -0.15) is 5.10 Å². The van der Waals surface area contributed by atoms with Crippen LogP contribution in [0.3, 0.4) is 0 Å². The molecule has 0 aromatic carbocycles. The van der Waals surface area contributed by atoms with Gasteiger partial charge in [-0.25, -0.2) is 0 Å². The predicted octanol–water partition coefficient (Wildman–Crippen LogP) is 1.42. The number of aromatic amines is 1. The van der Waals surface area contributed by atoms with Gasteiger partial charge in [-0.1, -0.05) is 0 Å². The molecule has 0 aliphatic carbocycles. The normalized spacial score (nSPS) is 20.4. The molecule has 2 N–H and O–H groups in total. The molecule has 1 aromatic heterocycles. The molecule has 0 spiro atoms. The zero-order chi connectivity index (χ0) is 11.2. The molecule has 1 aliphatic rings. The van der Waals surface area contributed by atoms with Crippen LogP contribution in [-0.2, 0) is 11.2 Å². The third-order valence-electron chi connectivity index (χ3n) is 3.13. The largest absolute Gasteiger partial charge is 0.377 e. The van der Waals surface area contributed by atoms with Crippen LogP contribution in [0.15, 0.2) is 6.20 Å². The van der Waals surface area contributed by atoms with E-state index in [1.807, 2.05) is 6.20 Å². The lowest BCUT2D eigenvalue weighted by molar-refractivity contribution is 0.110. The topological polar surface area (TPSA) is 49.9 Å². The van der Waals surface area contributed by atoms with E-state index in [-0.39, 0.29) is 0 Å². The molecule has 2 heterocycles. The fraction of sp³-hybridized carbons (Fsp3) is 0.750. The van der Waals surface area contributed by atoms with E-state index < -0.39 is 0 Å². The number of ether oxygens (including phenoxy) is 1. The number of nitrogens with one attached hydrogen (secondary N) is 2. The Hall–Kier alpha value is -0.870. The summed E-state index contributed by atoms with van der Waals surface area (Å²) in [4.78, 5) is 0. The van der Waals surface area contributed by atoms with Crippen LogP contribution in [0.25, 0.3) is 0 Å². The highest BCUT2D eigenvalue weighted by Gasteiger charge is 2.14. The van der Waals surface area contributed by atoms with Gasteiger partial charge in [0, 0.05) is 18.8 Å². The highest BCUT2D eigenvalue weighted by molar-refractivity contribution is 5.14. The van der Waals surface area contributed by atoms with Gasteiger partial charge in [0.05, 0.1) is 12.3 Å². The van der Waals surface area contributed by atoms with Crippen LogP contribution in [0.5, 0.6) is 0 Å². The molecular formula is C12H21N3O. The second-order valence-electron chi connectivity index (χ2n) is 4.46. The molecule has 1 fully saturated rings. The minimum Gasteiger partial charge on any atom is -0.377 e. The van der Waals surface area contributed by atoms with Crippen molar-refractivity contribution in [2.45, 2.75) is 38.7 Å². The summed E-state index contributed by atoms with van der Waals surface area (Å²) < 4.78 is 5.55. The fourth-order valence-electron chi connectivity index (χ4n) is 2.10. The summed E-state index contributed by atoms with van der Waals surface area (Å²) in [6, 6.07) is 0. The smallest absolute Gasteiger partial charge is 0.0700 e. The number of rotatable bonds is 6. The van der Waals surface area contributed by atoms with E-state index in [1.165, 1.54) is 24.1 Å². The molecule has 0 bridgehead atoms. The summed E-state index contributed by atoms with van der Waals surface area (Å²) in [6.07, 6.45) is 7.08. The maximum Gasteiger partial charge on any atom is 0.0700 e. The minimum atomic E-state index is 0.454. The van der Waals surface area contributed by atoms with Crippen molar-refractivity contribution < 1.29 is 4.74 Å². The maximum atomic E-state index is 5.55. The number of aromatic nitrogens is 2. The fourth-order valence-corrected chi connectivity index (χ4v) is 2.10. The van der Waals surface area contributed by atoms with Gasteiger partial charge in [-0.3, -0.25) is 5.10 Å². The average molecular weight is 223 g/mol. The third kappa shape index (κ3) is 3.32. The third-order valence-corrected chi connectivity index (χ3v) is 3.13. The molecule has 2 rings (SSSR count). The molecular weight excluding hydrogens is 202 g/mol. The van der Waals surface area contributed by atoms with Crippen LogP contribution in [0.4, 0.5) is 0 Å². The van der Waals surface area contributed by atoms with Crippen molar-refractivity contribution in [3.8, 4) is 0 Å². The number of aryl methyl sites for hydroxylation is 2. The Balaban J connectivity index is 1.53. The SMILES string of the molecule is Cc1[nH]ncc1CCCNCC1CCCO1. The van der Waals surface area contributed by atoms with Gasteiger partial charge in [0.15, 0.2) is 0 Å². The maximum absolute atomic E-state index is 5.55. The summed E-state index contributed by atoms with van der Waals surface area (Å²) in [5, 5.41) is 10.4. The molecule has 0 saturated carbocycles. The minimum absolute atomic E-state index is 0.454. The first-order valence-electron chi connectivity index (χ1n) is 6.17. The standard InChI is InChI=1S/C12H21N3O/c1-10-11(8-14-15-10)4-2-6-13-9-12-5-3-7-16-12/h8,12-13H,2-7,9H2,1H3,(H,14,15). The number of nitrogens with zero attached hydrogens (tertiary/aromatic N) is 1. The summed E-state index contributed by atoms with van der Waals surface area (Å²) >= 11 is 0. The Morgan fingerprint density at radius 3 is 3.25 bits per heavy atom. The van der Waals surface area contributed by atoms with Gasteiger partial charge in [0.2, 0.25) is 0 Å². The van der Waals surface area contributed by atoms with E-state index in [9.17, 15) is 0 Å². The average Bonchev–Trinajstić information content (AvgIpc) is 2.90. The van der Waals surface area contributed by atoms with E-state index in [1.54, 1.807) is 0 Å².